The number of carbonyl (C=O) groups excluding carboxylic acids is 3. The number of fused-ring (bicyclic) bond motifs is 1. The van der Waals surface area contributed by atoms with Gasteiger partial charge in [0.15, 0.2) is 0 Å². The first-order valence-corrected chi connectivity index (χ1v) is 13.0. The lowest BCUT2D eigenvalue weighted by Gasteiger charge is -2.14. The first kappa shape index (κ1) is 28.7. The third kappa shape index (κ3) is 8.61. The van der Waals surface area contributed by atoms with E-state index in [0.717, 1.165) is 31.8 Å². The number of aryl methyl sites for hydroxylation is 1. The molecule has 0 N–H and O–H groups in total. The highest BCUT2D eigenvalue weighted by atomic mass is 16.5. The monoisotopic (exact) mass is 520 g/mol. The third-order valence-electron chi connectivity index (χ3n) is 6.28. The van der Waals surface area contributed by atoms with Gasteiger partial charge in [-0.25, -0.2) is 14.4 Å². The molecule has 0 heterocycles. The minimum Gasteiger partial charge on any atom is -0.498 e. The molecule has 2 atom stereocenters. The fraction of sp³-hybridized carbons (Fsp3) is 0.387. The predicted octanol–water partition coefficient (Wildman–Crippen LogP) is 6.13. The molecule has 0 saturated heterocycles. The Labute approximate surface area is 224 Å². The lowest BCUT2D eigenvalue weighted by molar-refractivity contribution is -0.138. The van der Waals surface area contributed by atoms with Gasteiger partial charge in [-0.15, -0.1) is 0 Å². The summed E-state index contributed by atoms with van der Waals surface area (Å²) in [6.07, 6.45) is 12.4. The molecule has 0 amide bonds. The van der Waals surface area contributed by atoms with Crippen molar-refractivity contribution in [3.63, 3.8) is 0 Å². The van der Waals surface area contributed by atoms with Crippen molar-refractivity contribution in [3.8, 4) is 0 Å². The van der Waals surface area contributed by atoms with Crippen LogP contribution in [0.2, 0.25) is 0 Å². The molecule has 2 unspecified atom stereocenters. The topological polar surface area (TPSA) is 88.1 Å². The summed E-state index contributed by atoms with van der Waals surface area (Å²) in [5.74, 6) is 0.606. The van der Waals surface area contributed by atoms with Crippen molar-refractivity contribution in [2.24, 2.45) is 11.8 Å². The van der Waals surface area contributed by atoms with Crippen LogP contribution in [-0.2, 0) is 35.0 Å². The van der Waals surface area contributed by atoms with Crippen LogP contribution in [0, 0.1) is 11.8 Å². The average Bonchev–Trinajstić information content (AvgIpc) is 3.73. The summed E-state index contributed by atoms with van der Waals surface area (Å²) in [5.41, 5.74) is 2.16. The first-order valence-electron chi connectivity index (χ1n) is 13.0. The summed E-state index contributed by atoms with van der Waals surface area (Å²) < 4.78 is 21.7. The number of allylic oxidation sites excluding steroid dienone is 7. The number of rotatable bonds is 14. The van der Waals surface area contributed by atoms with Gasteiger partial charge in [0.25, 0.3) is 0 Å². The van der Waals surface area contributed by atoms with Gasteiger partial charge in [-0.3, -0.25) is 0 Å². The van der Waals surface area contributed by atoms with E-state index in [9.17, 15) is 14.4 Å². The first-order chi connectivity index (χ1) is 18.3. The van der Waals surface area contributed by atoms with Crippen molar-refractivity contribution in [3.05, 3.63) is 95.2 Å². The summed E-state index contributed by atoms with van der Waals surface area (Å²) >= 11 is 0. The van der Waals surface area contributed by atoms with Gasteiger partial charge >= 0.3 is 17.9 Å². The standard InChI is InChI=1S/C31H36O7/c1-5-7-9-23-12-14-24(15-13-23)31(34)38-28-17-16-27(25-20-26(25)28)37-30(33)21(3)10-11-22(4)35-18-8-19-36-29(32)6-2/h6,10-17,25-26H,2,5,7-9,18-20H2,1,3-4H3/b21-10+,22-11+. The van der Waals surface area contributed by atoms with E-state index >= 15 is 0 Å². The molecule has 7 nitrogen and oxygen atoms in total. The Morgan fingerprint density at radius 2 is 1.58 bits per heavy atom. The van der Waals surface area contributed by atoms with Crippen LogP contribution in [0.15, 0.2) is 84.1 Å². The number of esters is 3. The summed E-state index contributed by atoms with van der Waals surface area (Å²) in [5, 5.41) is 0. The highest BCUT2D eigenvalue weighted by Gasteiger charge is 2.48. The summed E-state index contributed by atoms with van der Waals surface area (Å²) in [7, 11) is 0. The number of benzene rings is 1. The van der Waals surface area contributed by atoms with Crippen molar-refractivity contribution >= 4 is 17.9 Å². The van der Waals surface area contributed by atoms with Crippen LogP contribution < -0.4 is 0 Å². The van der Waals surface area contributed by atoms with E-state index in [4.69, 9.17) is 18.9 Å². The molecule has 0 aromatic heterocycles. The lowest BCUT2D eigenvalue weighted by atomic mass is 10.1. The minimum atomic E-state index is -0.462. The van der Waals surface area contributed by atoms with Crippen LogP contribution in [0.5, 0.6) is 0 Å². The molecule has 2 aliphatic carbocycles. The van der Waals surface area contributed by atoms with Gasteiger partial charge < -0.3 is 18.9 Å². The highest BCUT2D eigenvalue weighted by Crippen LogP contribution is 2.52. The van der Waals surface area contributed by atoms with Gasteiger partial charge in [0.05, 0.1) is 24.5 Å². The SMILES string of the molecule is C=CC(=O)OCCCO/C(C)=C/C=C(\C)C(=O)OC1=CC=C(OC(=O)c2ccc(CCCC)cc2)C2CC12. The second-order valence-corrected chi connectivity index (χ2v) is 9.37. The Morgan fingerprint density at radius 3 is 2.24 bits per heavy atom. The molecule has 1 saturated carbocycles. The zero-order valence-corrected chi connectivity index (χ0v) is 22.4. The Morgan fingerprint density at radius 1 is 0.921 bits per heavy atom. The van der Waals surface area contributed by atoms with Gasteiger partial charge in [-0.2, -0.15) is 0 Å². The van der Waals surface area contributed by atoms with E-state index in [-0.39, 0.29) is 24.4 Å². The van der Waals surface area contributed by atoms with Crippen molar-refractivity contribution in [2.45, 2.75) is 52.9 Å². The quantitative estimate of drug-likeness (QED) is 0.0728. The van der Waals surface area contributed by atoms with Crippen molar-refractivity contribution in [2.75, 3.05) is 13.2 Å². The number of ether oxygens (including phenoxy) is 4. The Kier molecular flexibility index (Phi) is 10.7. The maximum Gasteiger partial charge on any atom is 0.343 e. The molecule has 0 bridgehead atoms. The van der Waals surface area contributed by atoms with Crippen LogP contribution in [-0.4, -0.2) is 31.1 Å². The highest BCUT2D eigenvalue weighted by molar-refractivity contribution is 5.90. The van der Waals surface area contributed by atoms with E-state index in [1.165, 1.54) is 5.56 Å². The third-order valence-corrected chi connectivity index (χ3v) is 6.28. The molecule has 7 heteroatoms. The Balaban J connectivity index is 1.47. The fourth-order valence-corrected chi connectivity index (χ4v) is 3.88. The molecule has 1 aromatic carbocycles. The van der Waals surface area contributed by atoms with Crippen molar-refractivity contribution < 1.29 is 33.3 Å². The van der Waals surface area contributed by atoms with Crippen LogP contribution in [0.4, 0.5) is 0 Å². The van der Waals surface area contributed by atoms with E-state index in [1.807, 2.05) is 12.1 Å². The zero-order chi connectivity index (χ0) is 27.5. The summed E-state index contributed by atoms with van der Waals surface area (Å²) in [6, 6.07) is 7.56. The normalized spacial score (nSPS) is 18.4. The molecule has 0 spiro atoms. The lowest BCUT2D eigenvalue weighted by Crippen LogP contribution is -2.12. The molecule has 2 aliphatic rings. The van der Waals surface area contributed by atoms with Crippen molar-refractivity contribution in [1.29, 1.82) is 0 Å². The maximum atomic E-state index is 12.6. The van der Waals surface area contributed by atoms with Crippen LogP contribution in [0.1, 0.15) is 62.4 Å². The van der Waals surface area contributed by atoms with Crippen molar-refractivity contribution in [1.82, 2.24) is 0 Å². The predicted molar refractivity (Wildman–Crippen MR) is 144 cm³/mol. The van der Waals surface area contributed by atoms with Crippen LogP contribution >= 0.6 is 0 Å². The second-order valence-electron chi connectivity index (χ2n) is 9.37. The maximum absolute atomic E-state index is 12.6. The van der Waals surface area contributed by atoms with Gasteiger partial charge in [-0.1, -0.05) is 32.1 Å². The Bertz CT molecular complexity index is 1150. The van der Waals surface area contributed by atoms with Gasteiger partial charge in [0.2, 0.25) is 0 Å². The number of hydrogen-bond donors (Lipinski definition) is 0. The molecule has 202 valence electrons. The molecule has 1 aromatic rings. The minimum absolute atomic E-state index is 0.0340. The fourth-order valence-electron chi connectivity index (χ4n) is 3.88. The number of unbranched alkanes of at least 4 members (excludes halogenated alkanes) is 1. The van der Waals surface area contributed by atoms with Gasteiger partial charge in [-0.05, 0) is 75.1 Å². The molecular weight excluding hydrogens is 484 g/mol. The molecule has 0 radical (unpaired) electrons. The zero-order valence-electron chi connectivity index (χ0n) is 22.4. The number of hydrogen-bond acceptors (Lipinski definition) is 7. The van der Waals surface area contributed by atoms with E-state index < -0.39 is 11.9 Å². The summed E-state index contributed by atoms with van der Waals surface area (Å²) in [6.45, 7) is 9.56. The largest absolute Gasteiger partial charge is 0.498 e. The average molecular weight is 521 g/mol. The molecular formula is C31H36O7. The van der Waals surface area contributed by atoms with E-state index in [1.54, 1.807) is 50.3 Å². The van der Waals surface area contributed by atoms with Crippen LogP contribution in [0.25, 0.3) is 0 Å². The molecule has 38 heavy (non-hydrogen) atoms. The van der Waals surface area contributed by atoms with Gasteiger partial charge in [0, 0.05) is 29.9 Å². The van der Waals surface area contributed by atoms with E-state index in [2.05, 4.69) is 13.5 Å². The smallest absolute Gasteiger partial charge is 0.343 e. The van der Waals surface area contributed by atoms with Crippen LogP contribution in [0.3, 0.4) is 0 Å². The number of carbonyl (C=O) groups is 3. The molecule has 0 aliphatic heterocycles. The van der Waals surface area contributed by atoms with Gasteiger partial charge in [0.1, 0.15) is 11.5 Å². The molecule has 3 rings (SSSR count). The second kappa shape index (κ2) is 14.2. The molecule has 1 fully saturated rings. The Hall–Kier alpha value is -3.87. The summed E-state index contributed by atoms with van der Waals surface area (Å²) in [4.78, 5) is 36.1. The van der Waals surface area contributed by atoms with E-state index in [0.29, 0.717) is 41.4 Å².